The van der Waals surface area contributed by atoms with E-state index in [1.165, 1.54) is 0 Å². The number of nitrogens with one attached hydrogen (secondary N) is 2. The van der Waals surface area contributed by atoms with Gasteiger partial charge in [-0.3, -0.25) is 9.79 Å². The van der Waals surface area contributed by atoms with Crippen LogP contribution in [0.4, 0.5) is 0 Å². The smallest absolute Gasteiger partial charge is 0.225 e. The van der Waals surface area contributed by atoms with Gasteiger partial charge >= 0.3 is 0 Å². The summed E-state index contributed by atoms with van der Waals surface area (Å²) in [5.74, 6) is 1.81. The van der Waals surface area contributed by atoms with Crippen molar-refractivity contribution >= 4 is 23.5 Å². The van der Waals surface area contributed by atoms with Gasteiger partial charge in [0, 0.05) is 37.1 Å². The molecule has 1 atom stereocenters. The average molecular weight is 395 g/mol. The van der Waals surface area contributed by atoms with E-state index in [0.717, 1.165) is 37.6 Å². The third kappa shape index (κ3) is 6.94. The number of guanidine groups is 1. The summed E-state index contributed by atoms with van der Waals surface area (Å²) in [6, 6.07) is 7.70. The van der Waals surface area contributed by atoms with Gasteiger partial charge in [0.25, 0.3) is 0 Å². The molecule has 0 bridgehead atoms. The predicted molar refractivity (Wildman–Crippen MR) is 110 cm³/mol. The molecular formula is C20H31ClN4O2. The van der Waals surface area contributed by atoms with Gasteiger partial charge in [0.1, 0.15) is 11.9 Å². The summed E-state index contributed by atoms with van der Waals surface area (Å²) in [5, 5.41) is 7.41. The van der Waals surface area contributed by atoms with Crippen LogP contribution in [-0.2, 0) is 4.79 Å². The molecule has 1 unspecified atom stereocenters. The minimum absolute atomic E-state index is 0.0347. The monoisotopic (exact) mass is 394 g/mol. The van der Waals surface area contributed by atoms with E-state index in [4.69, 9.17) is 16.3 Å². The fraction of sp³-hybridized carbons (Fsp3) is 0.600. The van der Waals surface area contributed by atoms with Crippen molar-refractivity contribution in [2.24, 2.45) is 10.9 Å². The maximum Gasteiger partial charge on any atom is 0.225 e. The minimum Gasteiger partial charge on any atom is -0.489 e. The molecule has 1 aromatic rings. The number of halogens is 1. The number of aliphatic imine (C=N–C) groups is 1. The number of hydrogen-bond acceptors (Lipinski definition) is 3. The molecule has 1 fully saturated rings. The summed E-state index contributed by atoms with van der Waals surface area (Å²) in [6.07, 6.45) is 1.81. The first-order valence-electron chi connectivity index (χ1n) is 9.57. The summed E-state index contributed by atoms with van der Waals surface area (Å²) < 4.78 is 5.87. The van der Waals surface area contributed by atoms with E-state index in [0.29, 0.717) is 17.6 Å². The quantitative estimate of drug-likeness (QED) is 0.575. The second-order valence-corrected chi connectivity index (χ2v) is 7.67. The van der Waals surface area contributed by atoms with Crippen molar-refractivity contribution in [2.45, 2.75) is 45.8 Å². The number of carbonyl (C=O) groups is 1. The van der Waals surface area contributed by atoms with E-state index in [9.17, 15) is 4.79 Å². The lowest BCUT2D eigenvalue weighted by molar-refractivity contribution is -0.135. The standard InChI is InChI=1S/C20H31ClN4O2/c1-14(2)19(26)25-10-8-17(9-11-25)24-20(22-4)23-13-15(3)27-18-7-5-6-16(21)12-18/h5-7,12,14-15,17H,8-11,13H2,1-4H3,(H2,22,23,24). The molecule has 1 aromatic carbocycles. The van der Waals surface area contributed by atoms with Crippen LogP contribution in [-0.4, -0.2) is 55.6 Å². The molecule has 1 saturated heterocycles. The largest absolute Gasteiger partial charge is 0.489 e. The molecule has 1 aliphatic heterocycles. The highest BCUT2D eigenvalue weighted by atomic mass is 35.5. The van der Waals surface area contributed by atoms with Crippen LogP contribution >= 0.6 is 11.6 Å². The van der Waals surface area contributed by atoms with E-state index in [-0.39, 0.29) is 17.9 Å². The van der Waals surface area contributed by atoms with Crippen LogP contribution in [0.15, 0.2) is 29.3 Å². The second-order valence-electron chi connectivity index (χ2n) is 7.24. The number of likely N-dealkylation sites (tertiary alicyclic amines) is 1. The molecule has 7 heteroatoms. The van der Waals surface area contributed by atoms with Crippen LogP contribution in [0.25, 0.3) is 0 Å². The van der Waals surface area contributed by atoms with Gasteiger partial charge in [0.05, 0.1) is 6.54 Å². The molecule has 150 valence electrons. The van der Waals surface area contributed by atoms with Gasteiger partial charge in [-0.1, -0.05) is 31.5 Å². The van der Waals surface area contributed by atoms with Gasteiger partial charge < -0.3 is 20.3 Å². The second kappa shape index (κ2) is 10.4. The van der Waals surface area contributed by atoms with Crippen molar-refractivity contribution in [1.82, 2.24) is 15.5 Å². The summed E-state index contributed by atoms with van der Waals surface area (Å²) in [4.78, 5) is 18.3. The van der Waals surface area contributed by atoms with Crippen LogP contribution in [0.1, 0.15) is 33.6 Å². The highest BCUT2D eigenvalue weighted by Gasteiger charge is 2.24. The van der Waals surface area contributed by atoms with E-state index in [1.807, 2.05) is 43.9 Å². The topological polar surface area (TPSA) is 66.0 Å². The van der Waals surface area contributed by atoms with E-state index in [1.54, 1.807) is 13.1 Å². The molecule has 2 N–H and O–H groups in total. The molecule has 2 rings (SSSR count). The molecule has 0 aliphatic carbocycles. The number of nitrogens with zero attached hydrogens (tertiary/aromatic N) is 2. The summed E-state index contributed by atoms with van der Waals surface area (Å²) >= 11 is 5.98. The Bertz CT molecular complexity index is 643. The van der Waals surface area contributed by atoms with Crippen LogP contribution in [0.3, 0.4) is 0 Å². The lowest BCUT2D eigenvalue weighted by Gasteiger charge is -2.34. The molecule has 1 heterocycles. The lowest BCUT2D eigenvalue weighted by atomic mass is 10.0. The third-order valence-electron chi connectivity index (χ3n) is 4.56. The fourth-order valence-corrected chi connectivity index (χ4v) is 3.23. The Balaban J connectivity index is 1.74. The van der Waals surface area contributed by atoms with Crippen LogP contribution in [0.2, 0.25) is 5.02 Å². The number of amides is 1. The first kappa shape index (κ1) is 21.4. The molecule has 0 saturated carbocycles. The van der Waals surface area contributed by atoms with Gasteiger partial charge in [-0.15, -0.1) is 0 Å². The van der Waals surface area contributed by atoms with Crippen LogP contribution < -0.4 is 15.4 Å². The fourth-order valence-electron chi connectivity index (χ4n) is 3.05. The van der Waals surface area contributed by atoms with Crippen LogP contribution in [0, 0.1) is 5.92 Å². The van der Waals surface area contributed by atoms with Crippen molar-refractivity contribution in [2.75, 3.05) is 26.7 Å². The number of piperidine rings is 1. The lowest BCUT2D eigenvalue weighted by Crippen LogP contribution is -2.51. The van der Waals surface area contributed by atoms with E-state index >= 15 is 0 Å². The zero-order chi connectivity index (χ0) is 19.8. The maximum atomic E-state index is 12.1. The highest BCUT2D eigenvalue weighted by molar-refractivity contribution is 6.30. The Kier molecular flexibility index (Phi) is 8.23. The third-order valence-corrected chi connectivity index (χ3v) is 4.79. The molecule has 1 aliphatic rings. The number of ether oxygens (including phenoxy) is 1. The Labute approximate surface area is 167 Å². The average Bonchev–Trinajstić information content (AvgIpc) is 2.65. The van der Waals surface area contributed by atoms with Crippen molar-refractivity contribution in [1.29, 1.82) is 0 Å². The molecule has 0 aromatic heterocycles. The first-order chi connectivity index (χ1) is 12.9. The van der Waals surface area contributed by atoms with Gasteiger partial charge in [-0.05, 0) is 38.0 Å². The molecule has 27 heavy (non-hydrogen) atoms. The molecular weight excluding hydrogens is 364 g/mol. The number of carbonyl (C=O) groups excluding carboxylic acids is 1. The SMILES string of the molecule is CN=C(NCC(C)Oc1cccc(Cl)c1)NC1CCN(C(=O)C(C)C)CC1. The number of hydrogen-bond donors (Lipinski definition) is 2. The summed E-state index contributed by atoms with van der Waals surface area (Å²) in [7, 11) is 1.76. The number of rotatable bonds is 6. The highest BCUT2D eigenvalue weighted by Crippen LogP contribution is 2.18. The van der Waals surface area contributed by atoms with E-state index < -0.39 is 0 Å². The maximum absolute atomic E-state index is 12.1. The Morgan fingerprint density at radius 3 is 2.63 bits per heavy atom. The summed E-state index contributed by atoms with van der Waals surface area (Å²) in [6.45, 7) is 8.10. The summed E-state index contributed by atoms with van der Waals surface area (Å²) in [5.41, 5.74) is 0. The zero-order valence-corrected chi connectivity index (χ0v) is 17.4. The van der Waals surface area contributed by atoms with Crippen molar-refractivity contribution in [3.63, 3.8) is 0 Å². The Morgan fingerprint density at radius 1 is 1.33 bits per heavy atom. The van der Waals surface area contributed by atoms with Gasteiger partial charge in [0.15, 0.2) is 5.96 Å². The predicted octanol–water partition coefficient (Wildman–Crippen LogP) is 2.92. The molecule has 6 nitrogen and oxygen atoms in total. The molecule has 0 spiro atoms. The van der Waals surface area contributed by atoms with Gasteiger partial charge in [0.2, 0.25) is 5.91 Å². The minimum atomic E-state index is -0.0347. The van der Waals surface area contributed by atoms with Crippen LogP contribution in [0.5, 0.6) is 5.75 Å². The van der Waals surface area contributed by atoms with Crippen molar-refractivity contribution in [3.8, 4) is 5.75 Å². The van der Waals surface area contributed by atoms with Gasteiger partial charge in [-0.25, -0.2) is 0 Å². The Morgan fingerprint density at radius 2 is 2.04 bits per heavy atom. The molecule has 0 radical (unpaired) electrons. The Hall–Kier alpha value is -1.95. The first-order valence-corrected chi connectivity index (χ1v) is 9.95. The zero-order valence-electron chi connectivity index (χ0n) is 16.7. The normalized spacial score (nSPS) is 17.0. The van der Waals surface area contributed by atoms with Crippen molar-refractivity contribution in [3.05, 3.63) is 29.3 Å². The molecule has 1 amide bonds. The van der Waals surface area contributed by atoms with E-state index in [2.05, 4.69) is 15.6 Å². The number of benzene rings is 1. The van der Waals surface area contributed by atoms with Crippen molar-refractivity contribution < 1.29 is 9.53 Å². The van der Waals surface area contributed by atoms with Gasteiger partial charge in [-0.2, -0.15) is 0 Å².